The minimum atomic E-state index is -0.900. The maximum atomic E-state index is 14.3. The molecule has 0 aliphatic heterocycles. The number of hydrogen-bond donors (Lipinski definition) is 3. The van der Waals surface area contributed by atoms with Crippen LogP contribution in [0, 0.1) is 34.3 Å². The highest BCUT2D eigenvalue weighted by Gasteiger charge is 2.13. The van der Waals surface area contributed by atoms with Gasteiger partial charge in [0, 0.05) is 11.8 Å². The van der Waals surface area contributed by atoms with Crippen molar-refractivity contribution in [1.29, 1.82) is 10.5 Å². The van der Waals surface area contributed by atoms with Gasteiger partial charge in [-0.05, 0) is 48.0 Å². The normalized spacial score (nSPS) is 10.3. The van der Waals surface area contributed by atoms with Crippen molar-refractivity contribution in [2.45, 2.75) is 0 Å². The van der Waals surface area contributed by atoms with Crippen molar-refractivity contribution in [1.82, 2.24) is 15.0 Å². The van der Waals surface area contributed by atoms with Crippen molar-refractivity contribution >= 4 is 35.3 Å². The van der Waals surface area contributed by atoms with Crippen molar-refractivity contribution in [3.05, 3.63) is 65.2 Å². The van der Waals surface area contributed by atoms with Gasteiger partial charge >= 0.3 is 0 Å². The highest BCUT2D eigenvalue weighted by Crippen LogP contribution is 2.25. The third-order valence-electron chi connectivity index (χ3n) is 3.57. The van der Waals surface area contributed by atoms with Crippen LogP contribution in [0.3, 0.4) is 0 Å². The molecule has 0 amide bonds. The molecule has 0 aliphatic carbocycles. The molecule has 0 saturated carbocycles. The van der Waals surface area contributed by atoms with Crippen LogP contribution in [0.4, 0.5) is 38.0 Å². The minimum absolute atomic E-state index is 0.0408. The molecule has 3 aromatic rings. The van der Waals surface area contributed by atoms with Crippen molar-refractivity contribution < 1.29 is 8.78 Å². The highest BCUT2D eigenvalue weighted by atomic mass is 19.1. The van der Waals surface area contributed by atoms with Crippen LogP contribution >= 0.6 is 0 Å². The standard InChI is InChI=1S/C19H12F2N8/c20-14-8-12(2-1-7-22)9-15(21)16(14)26-19-28-17(24)27-18(29-19)25-13-5-3-11(10-23)4-6-13/h1-6,8-9H,(H4,24,25,26,27,28,29)/b2-1-. The molecule has 0 unspecified atom stereocenters. The van der Waals surface area contributed by atoms with E-state index in [0.29, 0.717) is 11.3 Å². The molecule has 1 aromatic heterocycles. The number of nitrogens with zero attached hydrogens (tertiary/aromatic N) is 5. The molecule has 0 aliphatic rings. The lowest BCUT2D eigenvalue weighted by Gasteiger charge is -2.11. The quantitative estimate of drug-likeness (QED) is 0.562. The Kier molecular flexibility index (Phi) is 5.57. The van der Waals surface area contributed by atoms with Gasteiger partial charge in [-0.25, -0.2) is 8.78 Å². The number of nitriles is 2. The first kappa shape index (κ1) is 19.2. The van der Waals surface area contributed by atoms with Gasteiger partial charge in [0.25, 0.3) is 0 Å². The Hall–Kier alpha value is -4.57. The van der Waals surface area contributed by atoms with Crippen LogP contribution in [0.25, 0.3) is 6.08 Å². The first-order valence-corrected chi connectivity index (χ1v) is 8.09. The maximum Gasteiger partial charge on any atom is 0.233 e. The van der Waals surface area contributed by atoms with Gasteiger partial charge in [0.1, 0.15) is 17.3 Å². The van der Waals surface area contributed by atoms with E-state index in [-0.39, 0.29) is 23.4 Å². The summed E-state index contributed by atoms with van der Waals surface area (Å²) in [6.07, 6.45) is 2.38. The second-order valence-electron chi connectivity index (χ2n) is 5.60. The van der Waals surface area contributed by atoms with Gasteiger partial charge in [0.05, 0.1) is 17.7 Å². The highest BCUT2D eigenvalue weighted by molar-refractivity contribution is 5.63. The second-order valence-corrected chi connectivity index (χ2v) is 5.60. The van der Waals surface area contributed by atoms with Gasteiger partial charge in [0.2, 0.25) is 17.8 Å². The molecule has 0 fully saturated rings. The van der Waals surface area contributed by atoms with Crippen molar-refractivity contribution in [2.75, 3.05) is 16.4 Å². The summed E-state index contributed by atoms with van der Waals surface area (Å²) < 4.78 is 28.6. The number of anilines is 5. The smallest absolute Gasteiger partial charge is 0.233 e. The molecular weight excluding hydrogens is 378 g/mol. The van der Waals surface area contributed by atoms with E-state index in [2.05, 4.69) is 25.6 Å². The van der Waals surface area contributed by atoms with E-state index in [1.54, 1.807) is 30.3 Å². The first-order chi connectivity index (χ1) is 14.0. The van der Waals surface area contributed by atoms with Gasteiger partial charge < -0.3 is 16.4 Å². The number of benzene rings is 2. The number of halogens is 2. The van der Waals surface area contributed by atoms with E-state index in [0.717, 1.165) is 18.2 Å². The van der Waals surface area contributed by atoms with Crippen LogP contribution in [0.5, 0.6) is 0 Å². The van der Waals surface area contributed by atoms with E-state index in [9.17, 15) is 8.78 Å². The fourth-order valence-electron chi connectivity index (χ4n) is 2.31. The van der Waals surface area contributed by atoms with E-state index in [4.69, 9.17) is 16.3 Å². The molecule has 4 N–H and O–H groups in total. The first-order valence-electron chi connectivity index (χ1n) is 8.09. The summed E-state index contributed by atoms with van der Waals surface area (Å²) in [5.41, 5.74) is 6.42. The number of aromatic nitrogens is 3. The zero-order valence-electron chi connectivity index (χ0n) is 14.7. The summed E-state index contributed by atoms with van der Waals surface area (Å²) in [5, 5.41) is 22.6. The van der Waals surface area contributed by atoms with E-state index >= 15 is 0 Å². The van der Waals surface area contributed by atoms with E-state index in [1.165, 1.54) is 6.08 Å². The Balaban J connectivity index is 1.86. The topological polar surface area (TPSA) is 136 Å². The maximum absolute atomic E-state index is 14.3. The molecule has 2 aromatic carbocycles. The Bertz CT molecular complexity index is 1140. The zero-order chi connectivity index (χ0) is 20.8. The monoisotopic (exact) mass is 390 g/mol. The Morgan fingerprint density at radius 1 is 0.931 bits per heavy atom. The van der Waals surface area contributed by atoms with Gasteiger partial charge in [0.15, 0.2) is 0 Å². The molecule has 142 valence electrons. The molecule has 8 nitrogen and oxygen atoms in total. The Morgan fingerprint density at radius 2 is 1.55 bits per heavy atom. The third-order valence-corrected chi connectivity index (χ3v) is 3.57. The molecule has 0 saturated heterocycles. The summed E-state index contributed by atoms with van der Waals surface area (Å²) in [6, 6.07) is 12.3. The van der Waals surface area contributed by atoms with Gasteiger partial charge in [-0.15, -0.1) is 0 Å². The predicted molar refractivity (Wildman–Crippen MR) is 103 cm³/mol. The van der Waals surface area contributed by atoms with Crippen molar-refractivity contribution in [3.8, 4) is 12.1 Å². The largest absolute Gasteiger partial charge is 0.368 e. The van der Waals surface area contributed by atoms with Crippen molar-refractivity contribution in [2.24, 2.45) is 0 Å². The predicted octanol–water partition coefficient (Wildman–Crippen LogP) is 3.63. The number of allylic oxidation sites excluding steroid dienone is 1. The van der Waals surface area contributed by atoms with Gasteiger partial charge in [-0.3, -0.25) is 0 Å². The SMILES string of the molecule is N#C/C=C\c1cc(F)c(Nc2nc(N)nc(Nc3ccc(C#N)cc3)n2)c(F)c1. The Labute approximate surface area is 164 Å². The summed E-state index contributed by atoms with van der Waals surface area (Å²) >= 11 is 0. The van der Waals surface area contributed by atoms with Crippen LogP contribution in [0.15, 0.2) is 42.5 Å². The molecule has 1 heterocycles. The average molecular weight is 390 g/mol. The third kappa shape index (κ3) is 4.78. The number of rotatable bonds is 5. The molecule has 29 heavy (non-hydrogen) atoms. The lowest BCUT2D eigenvalue weighted by molar-refractivity contribution is 0.589. The minimum Gasteiger partial charge on any atom is -0.368 e. The number of nitrogens with one attached hydrogen (secondary N) is 2. The number of nitrogens with two attached hydrogens (primary N) is 1. The molecule has 3 rings (SSSR count). The van der Waals surface area contributed by atoms with Crippen LogP contribution < -0.4 is 16.4 Å². The van der Waals surface area contributed by atoms with Crippen LogP contribution in [-0.4, -0.2) is 15.0 Å². The second kappa shape index (κ2) is 8.41. The Morgan fingerprint density at radius 3 is 2.14 bits per heavy atom. The summed E-state index contributed by atoms with van der Waals surface area (Å²) in [4.78, 5) is 11.8. The van der Waals surface area contributed by atoms with Crippen molar-refractivity contribution in [3.63, 3.8) is 0 Å². The molecule has 0 radical (unpaired) electrons. The fraction of sp³-hybridized carbons (Fsp3) is 0. The fourth-order valence-corrected chi connectivity index (χ4v) is 2.31. The van der Waals surface area contributed by atoms with Crippen LogP contribution in [0.1, 0.15) is 11.1 Å². The molecule has 0 spiro atoms. The summed E-state index contributed by atoms with van der Waals surface area (Å²) in [7, 11) is 0. The lowest BCUT2D eigenvalue weighted by atomic mass is 10.1. The zero-order valence-corrected chi connectivity index (χ0v) is 14.7. The lowest BCUT2D eigenvalue weighted by Crippen LogP contribution is -2.08. The van der Waals surface area contributed by atoms with Gasteiger partial charge in [-0.1, -0.05) is 0 Å². The molecule has 10 heteroatoms. The van der Waals surface area contributed by atoms with Gasteiger partial charge in [-0.2, -0.15) is 25.5 Å². The average Bonchev–Trinajstić information content (AvgIpc) is 2.69. The molecule has 0 atom stereocenters. The number of hydrogen-bond acceptors (Lipinski definition) is 8. The number of nitrogen functional groups attached to an aromatic ring is 1. The summed E-state index contributed by atoms with van der Waals surface area (Å²) in [5.74, 6) is -2.11. The summed E-state index contributed by atoms with van der Waals surface area (Å²) in [6.45, 7) is 0. The van der Waals surface area contributed by atoms with Crippen LogP contribution in [0.2, 0.25) is 0 Å². The van der Waals surface area contributed by atoms with E-state index < -0.39 is 17.3 Å². The molecular formula is C19H12F2N8. The van der Waals surface area contributed by atoms with E-state index in [1.807, 2.05) is 6.07 Å². The molecule has 0 bridgehead atoms. The van der Waals surface area contributed by atoms with Crippen LogP contribution in [-0.2, 0) is 0 Å².